The Morgan fingerprint density at radius 1 is 0.917 bits per heavy atom. The minimum atomic E-state index is -1.23. The first kappa shape index (κ1) is 21.2. The van der Waals surface area contributed by atoms with E-state index < -0.39 is 17.4 Å². The molecule has 0 aromatic heterocycles. The molecule has 1 aliphatic rings. The third-order valence-corrected chi connectivity index (χ3v) is 5.57. The second-order valence-electron chi connectivity index (χ2n) is 5.95. The maximum atomic E-state index is 12.5. The Kier molecular flexibility index (Phi) is 9.01. The number of alkyl halides is 1. The van der Waals surface area contributed by atoms with Crippen molar-refractivity contribution < 1.29 is 28.6 Å². The predicted octanol–water partition coefficient (Wildman–Crippen LogP) is 2.90. The van der Waals surface area contributed by atoms with Crippen LogP contribution in [-0.4, -0.2) is 42.2 Å². The minimum absolute atomic E-state index is 0.0973. The van der Waals surface area contributed by atoms with Gasteiger partial charge in [-0.1, -0.05) is 22.6 Å². The first-order valence-corrected chi connectivity index (χ1v) is 10.0. The van der Waals surface area contributed by atoms with Gasteiger partial charge in [-0.2, -0.15) is 0 Å². The maximum Gasteiger partial charge on any atom is 0.323 e. The molecule has 7 heteroatoms. The Bertz CT molecular complexity index is 432. The number of carbonyl (C=O) groups is 3. The SMILES string of the molecule is CCOC(=O)CCC1CC(C(=O)OCC)(C(=O)OCC)CC1CI. The highest BCUT2D eigenvalue weighted by Gasteiger charge is 2.57. The number of esters is 3. The smallest absolute Gasteiger partial charge is 0.323 e. The van der Waals surface area contributed by atoms with Gasteiger partial charge < -0.3 is 14.2 Å². The fourth-order valence-corrected chi connectivity index (χ4v) is 4.35. The zero-order valence-corrected chi connectivity index (χ0v) is 16.8. The molecule has 0 bridgehead atoms. The summed E-state index contributed by atoms with van der Waals surface area (Å²) in [6, 6.07) is 0. The van der Waals surface area contributed by atoms with E-state index in [0.717, 1.165) is 4.43 Å². The third kappa shape index (κ3) is 5.07. The Morgan fingerprint density at radius 2 is 1.42 bits per heavy atom. The topological polar surface area (TPSA) is 78.9 Å². The highest BCUT2D eigenvalue weighted by molar-refractivity contribution is 14.1. The van der Waals surface area contributed by atoms with E-state index in [1.165, 1.54) is 0 Å². The summed E-state index contributed by atoms with van der Waals surface area (Å²) in [6.07, 6.45) is 1.69. The molecule has 0 heterocycles. The average molecular weight is 454 g/mol. The maximum absolute atomic E-state index is 12.5. The van der Waals surface area contributed by atoms with Crippen LogP contribution in [0.1, 0.15) is 46.5 Å². The molecule has 1 saturated carbocycles. The molecule has 138 valence electrons. The van der Waals surface area contributed by atoms with Gasteiger partial charge in [0.2, 0.25) is 0 Å². The van der Waals surface area contributed by atoms with Crippen LogP contribution < -0.4 is 0 Å². The van der Waals surface area contributed by atoms with E-state index in [4.69, 9.17) is 14.2 Å². The fraction of sp³-hybridized carbons (Fsp3) is 0.824. The molecule has 0 radical (unpaired) electrons. The lowest BCUT2D eigenvalue weighted by atomic mass is 9.84. The van der Waals surface area contributed by atoms with Crippen LogP contribution in [0.25, 0.3) is 0 Å². The van der Waals surface area contributed by atoms with Crippen LogP contribution in [0.15, 0.2) is 0 Å². The number of ether oxygens (including phenoxy) is 3. The van der Waals surface area contributed by atoms with Gasteiger partial charge >= 0.3 is 17.9 Å². The lowest BCUT2D eigenvalue weighted by Gasteiger charge is -2.24. The van der Waals surface area contributed by atoms with Gasteiger partial charge in [0.05, 0.1) is 19.8 Å². The number of hydrogen-bond acceptors (Lipinski definition) is 6. The molecular weight excluding hydrogens is 427 g/mol. The molecule has 0 N–H and O–H groups in total. The summed E-state index contributed by atoms with van der Waals surface area (Å²) in [6.45, 7) is 6.02. The van der Waals surface area contributed by atoms with Gasteiger partial charge in [-0.25, -0.2) is 0 Å². The fourth-order valence-electron chi connectivity index (χ4n) is 3.32. The number of rotatable bonds is 9. The average Bonchev–Trinajstić information content (AvgIpc) is 2.94. The normalized spacial score (nSPS) is 22.0. The van der Waals surface area contributed by atoms with Gasteiger partial charge in [0, 0.05) is 10.8 Å². The molecule has 0 aromatic rings. The highest BCUT2D eigenvalue weighted by atomic mass is 127. The second-order valence-corrected chi connectivity index (χ2v) is 6.83. The van der Waals surface area contributed by atoms with Crippen LogP contribution in [0.4, 0.5) is 0 Å². The van der Waals surface area contributed by atoms with E-state index in [0.29, 0.717) is 32.3 Å². The van der Waals surface area contributed by atoms with Crippen molar-refractivity contribution in [3.8, 4) is 0 Å². The van der Waals surface area contributed by atoms with Crippen LogP contribution in [-0.2, 0) is 28.6 Å². The molecule has 2 atom stereocenters. The van der Waals surface area contributed by atoms with Gasteiger partial charge in [0.25, 0.3) is 0 Å². The van der Waals surface area contributed by atoms with Crippen molar-refractivity contribution in [1.82, 2.24) is 0 Å². The summed E-state index contributed by atoms with van der Waals surface area (Å²) in [4.78, 5) is 36.6. The van der Waals surface area contributed by atoms with Gasteiger partial charge in [0.1, 0.15) is 0 Å². The quantitative estimate of drug-likeness (QED) is 0.175. The number of hydrogen-bond donors (Lipinski definition) is 0. The summed E-state index contributed by atoms with van der Waals surface area (Å²) in [5, 5.41) is 0. The summed E-state index contributed by atoms with van der Waals surface area (Å²) in [5.41, 5.74) is -1.23. The van der Waals surface area contributed by atoms with Crippen LogP contribution in [0.2, 0.25) is 0 Å². The largest absolute Gasteiger partial charge is 0.466 e. The van der Waals surface area contributed by atoms with Crippen molar-refractivity contribution in [2.24, 2.45) is 17.3 Å². The van der Waals surface area contributed by atoms with E-state index in [1.54, 1.807) is 20.8 Å². The van der Waals surface area contributed by atoms with E-state index in [9.17, 15) is 14.4 Å². The predicted molar refractivity (Wildman–Crippen MR) is 96.7 cm³/mol. The number of halogens is 1. The van der Waals surface area contributed by atoms with E-state index in [2.05, 4.69) is 22.6 Å². The lowest BCUT2D eigenvalue weighted by molar-refractivity contribution is -0.172. The summed E-state index contributed by atoms with van der Waals surface area (Å²) < 4.78 is 16.1. The number of carbonyl (C=O) groups excluding carboxylic acids is 3. The Balaban J connectivity index is 2.91. The van der Waals surface area contributed by atoms with Gasteiger partial charge in [-0.05, 0) is 51.9 Å². The molecule has 0 aliphatic heterocycles. The van der Waals surface area contributed by atoms with Crippen LogP contribution in [0, 0.1) is 17.3 Å². The van der Waals surface area contributed by atoms with Gasteiger partial charge in [-0.3, -0.25) is 14.4 Å². The van der Waals surface area contributed by atoms with Gasteiger partial charge in [0.15, 0.2) is 5.41 Å². The molecule has 2 unspecified atom stereocenters. The first-order valence-electron chi connectivity index (χ1n) is 8.51. The Hall–Kier alpha value is -0.860. The van der Waals surface area contributed by atoms with Crippen molar-refractivity contribution in [3.63, 3.8) is 0 Å². The van der Waals surface area contributed by atoms with Crippen molar-refractivity contribution in [3.05, 3.63) is 0 Å². The summed E-state index contributed by atoms with van der Waals surface area (Å²) >= 11 is 2.26. The molecule has 6 nitrogen and oxygen atoms in total. The van der Waals surface area contributed by atoms with Crippen molar-refractivity contribution in [2.75, 3.05) is 24.2 Å². The molecule has 0 amide bonds. The second kappa shape index (κ2) is 10.2. The van der Waals surface area contributed by atoms with Crippen LogP contribution in [0.3, 0.4) is 0 Å². The Labute approximate surface area is 157 Å². The van der Waals surface area contributed by atoms with Crippen molar-refractivity contribution in [1.29, 1.82) is 0 Å². The van der Waals surface area contributed by atoms with Gasteiger partial charge in [-0.15, -0.1) is 0 Å². The highest BCUT2D eigenvalue weighted by Crippen LogP contribution is 2.49. The lowest BCUT2D eigenvalue weighted by Crippen LogP contribution is -2.40. The molecule has 1 aliphatic carbocycles. The molecular formula is C17H27IO6. The minimum Gasteiger partial charge on any atom is -0.466 e. The molecule has 0 saturated heterocycles. The Morgan fingerprint density at radius 3 is 1.88 bits per heavy atom. The van der Waals surface area contributed by atoms with E-state index in [-0.39, 0.29) is 31.0 Å². The molecule has 1 rings (SSSR count). The summed E-state index contributed by atoms with van der Waals surface area (Å²) in [5.74, 6) is -0.975. The zero-order valence-electron chi connectivity index (χ0n) is 14.6. The molecule has 24 heavy (non-hydrogen) atoms. The van der Waals surface area contributed by atoms with Crippen LogP contribution >= 0.6 is 22.6 Å². The monoisotopic (exact) mass is 454 g/mol. The first-order chi connectivity index (χ1) is 11.4. The van der Waals surface area contributed by atoms with Crippen molar-refractivity contribution >= 4 is 40.5 Å². The molecule has 0 aromatic carbocycles. The zero-order chi connectivity index (χ0) is 18.2. The molecule has 0 spiro atoms. The standard InChI is InChI=1S/C17H27IO6/c1-4-22-14(19)8-7-12-9-17(10-13(12)11-18,15(20)23-5-2)16(21)24-6-3/h12-13H,4-11H2,1-3H3. The van der Waals surface area contributed by atoms with Crippen molar-refractivity contribution in [2.45, 2.75) is 46.5 Å². The summed E-state index contributed by atoms with van der Waals surface area (Å²) in [7, 11) is 0. The van der Waals surface area contributed by atoms with E-state index >= 15 is 0 Å². The third-order valence-electron chi connectivity index (χ3n) is 4.44. The molecule has 1 fully saturated rings. The van der Waals surface area contributed by atoms with E-state index in [1.807, 2.05) is 0 Å². The van der Waals surface area contributed by atoms with Crippen LogP contribution in [0.5, 0.6) is 0 Å².